The molecule has 0 spiro atoms. The molecule has 21 heavy (non-hydrogen) atoms. The number of anilines is 2. The predicted molar refractivity (Wildman–Crippen MR) is 80.1 cm³/mol. The fourth-order valence-corrected chi connectivity index (χ4v) is 1.73. The van der Waals surface area contributed by atoms with Gasteiger partial charge in [-0.25, -0.2) is 4.68 Å². The second-order valence-electron chi connectivity index (χ2n) is 5.53. The fourth-order valence-electron chi connectivity index (χ4n) is 1.73. The van der Waals surface area contributed by atoms with Crippen LogP contribution >= 0.6 is 0 Å². The Morgan fingerprint density at radius 3 is 2.81 bits per heavy atom. The number of aromatic nitrogens is 5. The third-order valence-corrected chi connectivity index (χ3v) is 3.06. The van der Waals surface area contributed by atoms with E-state index in [1.54, 1.807) is 30.3 Å². The first-order valence-electron chi connectivity index (χ1n) is 6.74. The van der Waals surface area contributed by atoms with Crippen molar-refractivity contribution in [3.63, 3.8) is 0 Å². The summed E-state index contributed by atoms with van der Waals surface area (Å²) in [5.74, 6) is 0.996. The van der Waals surface area contributed by atoms with Crippen LogP contribution < -0.4 is 11.1 Å². The summed E-state index contributed by atoms with van der Waals surface area (Å²) in [6.45, 7) is 5.72. The molecule has 0 amide bonds. The van der Waals surface area contributed by atoms with Crippen molar-refractivity contribution < 1.29 is 4.74 Å². The summed E-state index contributed by atoms with van der Waals surface area (Å²) in [7, 11) is 1.70. The second kappa shape index (κ2) is 6.49. The summed E-state index contributed by atoms with van der Waals surface area (Å²) in [4.78, 5) is 12.5. The minimum Gasteiger partial charge on any atom is -0.385 e. The van der Waals surface area contributed by atoms with Crippen molar-refractivity contribution in [1.29, 1.82) is 0 Å². The summed E-state index contributed by atoms with van der Waals surface area (Å²) < 4.78 is 6.66. The molecular weight excluding hydrogens is 270 g/mol. The van der Waals surface area contributed by atoms with Gasteiger partial charge in [-0.15, -0.1) is 0 Å². The SMILES string of the molecule is COCCC(C)(C)CNc1nc(N)nc(-n2cccn2)n1. The van der Waals surface area contributed by atoms with Crippen LogP contribution in [0.25, 0.3) is 5.95 Å². The van der Waals surface area contributed by atoms with Crippen LogP contribution in [-0.4, -0.2) is 45.0 Å². The van der Waals surface area contributed by atoms with Crippen molar-refractivity contribution in [2.75, 3.05) is 31.3 Å². The summed E-state index contributed by atoms with van der Waals surface area (Å²) in [6.07, 6.45) is 4.34. The monoisotopic (exact) mass is 291 g/mol. The molecule has 0 fully saturated rings. The van der Waals surface area contributed by atoms with Gasteiger partial charge >= 0.3 is 0 Å². The summed E-state index contributed by atoms with van der Waals surface area (Å²) in [5, 5.41) is 7.28. The quantitative estimate of drug-likeness (QED) is 0.787. The molecule has 114 valence electrons. The molecule has 8 heteroatoms. The molecule has 3 N–H and O–H groups in total. The molecule has 0 bridgehead atoms. The predicted octanol–water partition coefficient (Wildman–Crippen LogP) is 1.11. The second-order valence-corrected chi connectivity index (χ2v) is 5.53. The molecule has 0 saturated heterocycles. The Morgan fingerprint density at radius 1 is 1.33 bits per heavy atom. The maximum atomic E-state index is 5.72. The highest BCUT2D eigenvalue weighted by Gasteiger charge is 2.18. The molecule has 2 heterocycles. The zero-order valence-corrected chi connectivity index (χ0v) is 12.6. The van der Waals surface area contributed by atoms with E-state index in [9.17, 15) is 0 Å². The number of methoxy groups -OCH3 is 1. The Kier molecular flexibility index (Phi) is 4.69. The van der Waals surface area contributed by atoms with Gasteiger partial charge in [0.15, 0.2) is 0 Å². The van der Waals surface area contributed by atoms with Crippen LogP contribution in [0.4, 0.5) is 11.9 Å². The lowest BCUT2D eigenvalue weighted by atomic mass is 9.90. The normalized spacial score (nSPS) is 11.6. The molecule has 2 aromatic rings. The molecule has 0 saturated carbocycles. The van der Waals surface area contributed by atoms with Crippen LogP contribution in [0.3, 0.4) is 0 Å². The van der Waals surface area contributed by atoms with E-state index in [4.69, 9.17) is 10.5 Å². The van der Waals surface area contributed by atoms with Crippen LogP contribution in [-0.2, 0) is 4.74 Å². The van der Waals surface area contributed by atoms with Gasteiger partial charge in [-0.2, -0.15) is 20.1 Å². The van der Waals surface area contributed by atoms with Crippen molar-refractivity contribution in [3.05, 3.63) is 18.5 Å². The Hall–Kier alpha value is -2.22. The maximum absolute atomic E-state index is 5.72. The Balaban J connectivity index is 2.07. The Labute approximate surface area is 123 Å². The zero-order chi connectivity index (χ0) is 15.3. The number of hydrogen-bond donors (Lipinski definition) is 2. The number of rotatable bonds is 7. The van der Waals surface area contributed by atoms with E-state index < -0.39 is 0 Å². The maximum Gasteiger partial charge on any atom is 0.257 e. The van der Waals surface area contributed by atoms with E-state index in [1.165, 1.54) is 0 Å². The minimum atomic E-state index is 0.0588. The van der Waals surface area contributed by atoms with E-state index in [-0.39, 0.29) is 11.4 Å². The lowest BCUT2D eigenvalue weighted by Crippen LogP contribution is -2.26. The molecule has 0 atom stereocenters. The van der Waals surface area contributed by atoms with E-state index in [1.807, 2.05) is 0 Å². The molecule has 0 aliphatic carbocycles. The van der Waals surface area contributed by atoms with Crippen LogP contribution in [0.1, 0.15) is 20.3 Å². The molecule has 0 radical (unpaired) electrons. The number of nitrogens with zero attached hydrogens (tertiary/aromatic N) is 5. The third-order valence-electron chi connectivity index (χ3n) is 3.06. The minimum absolute atomic E-state index is 0.0588. The van der Waals surface area contributed by atoms with Gasteiger partial charge < -0.3 is 15.8 Å². The average molecular weight is 291 g/mol. The number of nitrogens with two attached hydrogens (primary N) is 1. The lowest BCUT2D eigenvalue weighted by Gasteiger charge is -2.24. The molecule has 0 aromatic carbocycles. The van der Waals surface area contributed by atoms with Gasteiger partial charge in [0.2, 0.25) is 11.9 Å². The van der Waals surface area contributed by atoms with Crippen molar-refractivity contribution >= 4 is 11.9 Å². The molecular formula is C13H21N7O. The van der Waals surface area contributed by atoms with Crippen molar-refractivity contribution in [3.8, 4) is 5.95 Å². The van der Waals surface area contributed by atoms with Crippen molar-refractivity contribution in [1.82, 2.24) is 24.7 Å². The standard InChI is InChI=1S/C13H21N7O/c1-13(2,5-8-21-3)9-15-11-17-10(14)18-12(19-11)20-7-4-6-16-20/h4,6-7H,5,8-9H2,1-3H3,(H3,14,15,17,18,19). The average Bonchev–Trinajstić information content (AvgIpc) is 2.97. The van der Waals surface area contributed by atoms with Gasteiger partial charge in [0.1, 0.15) is 0 Å². The largest absolute Gasteiger partial charge is 0.385 e. The van der Waals surface area contributed by atoms with E-state index >= 15 is 0 Å². The fraction of sp³-hybridized carbons (Fsp3) is 0.538. The van der Waals surface area contributed by atoms with E-state index in [2.05, 4.69) is 39.2 Å². The molecule has 2 aromatic heterocycles. The van der Waals surface area contributed by atoms with Crippen LogP contribution in [0.15, 0.2) is 18.5 Å². The number of hydrogen-bond acceptors (Lipinski definition) is 7. The molecule has 0 aliphatic heterocycles. The first-order chi connectivity index (χ1) is 10.00. The summed E-state index contributed by atoms with van der Waals surface area (Å²) in [5.41, 5.74) is 5.78. The first-order valence-corrected chi connectivity index (χ1v) is 6.74. The Morgan fingerprint density at radius 2 is 2.14 bits per heavy atom. The molecule has 0 aliphatic rings. The number of nitrogen functional groups attached to an aromatic ring is 1. The number of nitrogens with one attached hydrogen (secondary N) is 1. The van der Waals surface area contributed by atoms with E-state index in [0.717, 1.165) is 6.42 Å². The van der Waals surface area contributed by atoms with Gasteiger partial charge in [0.05, 0.1) is 0 Å². The zero-order valence-electron chi connectivity index (χ0n) is 12.6. The van der Waals surface area contributed by atoms with Crippen LogP contribution in [0.2, 0.25) is 0 Å². The smallest absolute Gasteiger partial charge is 0.257 e. The topological polar surface area (TPSA) is 104 Å². The number of ether oxygens (including phenoxy) is 1. The van der Waals surface area contributed by atoms with Crippen LogP contribution in [0, 0.1) is 5.41 Å². The summed E-state index contributed by atoms with van der Waals surface area (Å²) >= 11 is 0. The first kappa shape index (κ1) is 15.2. The van der Waals surface area contributed by atoms with Crippen molar-refractivity contribution in [2.45, 2.75) is 20.3 Å². The molecule has 8 nitrogen and oxygen atoms in total. The summed E-state index contributed by atoms with van der Waals surface area (Å²) in [6, 6.07) is 1.79. The van der Waals surface area contributed by atoms with Gasteiger partial charge in [0, 0.05) is 32.7 Å². The highest BCUT2D eigenvalue weighted by molar-refractivity contribution is 5.34. The van der Waals surface area contributed by atoms with Crippen molar-refractivity contribution in [2.24, 2.45) is 5.41 Å². The van der Waals surface area contributed by atoms with Crippen LogP contribution in [0.5, 0.6) is 0 Å². The lowest BCUT2D eigenvalue weighted by molar-refractivity contribution is 0.157. The van der Waals surface area contributed by atoms with E-state index in [0.29, 0.717) is 25.0 Å². The molecule has 2 rings (SSSR count). The molecule has 0 unspecified atom stereocenters. The van der Waals surface area contributed by atoms with Gasteiger partial charge in [0.25, 0.3) is 5.95 Å². The van der Waals surface area contributed by atoms with Gasteiger partial charge in [-0.1, -0.05) is 13.8 Å². The van der Waals surface area contributed by atoms with Gasteiger partial charge in [-0.05, 0) is 17.9 Å². The Bertz CT molecular complexity index is 568. The highest BCUT2D eigenvalue weighted by atomic mass is 16.5. The van der Waals surface area contributed by atoms with Gasteiger partial charge in [-0.3, -0.25) is 0 Å². The third kappa shape index (κ3) is 4.38. The highest BCUT2D eigenvalue weighted by Crippen LogP contribution is 2.20.